The number of hydrogen-bond acceptors (Lipinski definition) is 5. The average molecular weight is 510 g/mol. The molecule has 0 bridgehead atoms. The second-order valence-corrected chi connectivity index (χ2v) is 9.52. The van der Waals surface area contributed by atoms with Crippen LogP contribution in [0, 0.1) is 0 Å². The van der Waals surface area contributed by atoms with E-state index in [4.69, 9.17) is 0 Å². The summed E-state index contributed by atoms with van der Waals surface area (Å²) in [6.45, 7) is 1.64. The van der Waals surface area contributed by atoms with Gasteiger partial charge in [0.25, 0.3) is 11.8 Å². The first-order chi connectivity index (χ1) is 18.4. The number of amides is 2. The van der Waals surface area contributed by atoms with Gasteiger partial charge in [-0.25, -0.2) is 0 Å². The molecule has 1 saturated heterocycles. The number of carbonyl (C=O) groups is 2. The molecule has 0 saturated carbocycles. The van der Waals surface area contributed by atoms with Gasteiger partial charge < -0.3 is 30.5 Å². The maximum absolute atomic E-state index is 12.7. The molecule has 2 amide bonds. The number of aryl methyl sites for hydroxylation is 1. The minimum Gasteiger partial charge on any atom is -0.393 e. The molecule has 194 valence electrons. The van der Waals surface area contributed by atoms with Gasteiger partial charge in [-0.05, 0) is 91.7 Å². The predicted molar refractivity (Wildman–Crippen MR) is 151 cm³/mol. The van der Waals surface area contributed by atoms with Crippen LogP contribution in [0.5, 0.6) is 0 Å². The molecular formula is C30H31N5O3. The van der Waals surface area contributed by atoms with Crippen LogP contribution in [-0.4, -0.2) is 40.7 Å². The van der Waals surface area contributed by atoms with E-state index in [0.29, 0.717) is 22.5 Å². The zero-order valence-corrected chi connectivity index (χ0v) is 21.2. The van der Waals surface area contributed by atoms with Crippen molar-refractivity contribution in [3.8, 4) is 0 Å². The smallest absolute Gasteiger partial charge is 0.257 e. The van der Waals surface area contributed by atoms with E-state index in [2.05, 4.69) is 20.9 Å². The summed E-state index contributed by atoms with van der Waals surface area (Å²) < 4.78 is 1.83. The number of benzene rings is 3. The van der Waals surface area contributed by atoms with Gasteiger partial charge in [0.05, 0.1) is 11.7 Å². The summed E-state index contributed by atoms with van der Waals surface area (Å²) in [5, 5.41) is 18.8. The van der Waals surface area contributed by atoms with Gasteiger partial charge in [0, 0.05) is 66.5 Å². The zero-order valence-electron chi connectivity index (χ0n) is 21.2. The Morgan fingerprint density at radius 1 is 0.711 bits per heavy atom. The molecule has 0 unspecified atom stereocenters. The van der Waals surface area contributed by atoms with Crippen molar-refractivity contribution in [1.29, 1.82) is 0 Å². The summed E-state index contributed by atoms with van der Waals surface area (Å²) >= 11 is 0. The third kappa shape index (κ3) is 6.22. The first kappa shape index (κ1) is 25.1. The number of anilines is 5. The molecule has 1 aliphatic heterocycles. The second-order valence-electron chi connectivity index (χ2n) is 9.52. The van der Waals surface area contributed by atoms with E-state index in [1.54, 1.807) is 12.3 Å². The molecule has 4 N–H and O–H groups in total. The van der Waals surface area contributed by atoms with Gasteiger partial charge in [0.15, 0.2) is 0 Å². The van der Waals surface area contributed by atoms with Gasteiger partial charge in [-0.15, -0.1) is 0 Å². The summed E-state index contributed by atoms with van der Waals surface area (Å²) in [5.41, 5.74) is 5.43. The van der Waals surface area contributed by atoms with E-state index in [-0.39, 0.29) is 17.9 Å². The maximum atomic E-state index is 12.7. The normalized spacial score (nSPS) is 13.7. The molecule has 1 aliphatic rings. The van der Waals surface area contributed by atoms with Crippen LogP contribution >= 0.6 is 0 Å². The fourth-order valence-corrected chi connectivity index (χ4v) is 4.43. The lowest BCUT2D eigenvalue weighted by molar-refractivity contribution is 0.101. The highest BCUT2D eigenvalue weighted by Gasteiger charge is 2.17. The van der Waals surface area contributed by atoms with Crippen LogP contribution in [0.1, 0.15) is 33.6 Å². The zero-order chi connectivity index (χ0) is 26.5. The highest BCUT2D eigenvalue weighted by atomic mass is 16.3. The molecule has 1 fully saturated rings. The van der Waals surface area contributed by atoms with Gasteiger partial charge in [0.1, 0.15) is 0 Å². The van der Waals surface area contributed by atoms with Gasteiger partial charge in [-0.2, -0.15) is 0 Å². The number of carbonyl (C=O) groups excluding carboxylic acids is 2. The van der Waals surface area contributed by atoms with Crippen LogP contribution in [0.2, 0.25) is 0 Å². The molecule has 4 aromatic rings. The molecule has 0 aliphatic carbocycles. The largest absolute Gasteiger partial charge is 0.393 e. The molecule has 2 heterocycles. The van der Waals surface area contributed by atoms with Crippen LogP contribution < -0.4 is 20.9 Å². The van der Waals surface area contributed by atoms with Crippen molar-refractivity contribution >= 4 is 40.3 Å². The summed E-state index contributed by atoms with van der Waals surface area (Å²) in [7, 11) is 1.88. The molecule has 0 atom stereocenters. The Bertz CT molecular complexity index is 1390. The lowest BCUT2D eigenvalue weighted by Gasteiger charge is -2.31. The van der Waals surface area contributed by atoms with E-state index < -0.39 is 0 Å². The van der Waals surface area contributed by atoms with Crippen molar-refractivity contribution in [3.05, 3.63) is 102 Å². The molecule has 5 rings (SSSR count). The molecule has 3 aromatic carbocycles. The Kier molecular flexibility index (Phi) is 7.42. The Hall–Kier alpha value is -4.56. The van der Waals surface area contributed by atoms with Crippen molar-refractivity contribution in [2.75, 3.05) is 33.9 Å². The highest BCUT2D eigenvalue weighted by molar-refractivity contribution is 6.05. The third-order valence-corrected chi connectivity index (χ3v) is 6.63. The average Bonchev–Trinajstić information content (AvgIpc) is 3.38. The number of piperidine rings is 1. The summed E-state index contributed by atoms with van der Waals surface area (Å²) in [4.78, 5) is 27.3. The van der Waals surface area contributed by atoms with E-state index in [9.17, 15) is 14.7 Å². The van der Waals surface area contributed by atoms with Gasteiger partial charge in [-0.1, -0.05) is 0 Å². The van der Waals surface area contributed by atoms with E-state index >= 15 is 0 Å². The van der Waals surface area contributed by atoms with Crippen LogP contribution in [0.3, 0.4) is 0 Å². The van der Waals surface area contributed by atoms with Crippen molar-refractivity contribution < 1.29 is 14.7 Å². The number of hydrogen-bond donors (Lipinski definition) is 4. The molecule has 8 heteroatoms. The topological polar surface area (TPSA) is 98.6 Å². The summed E-state index contributed by atoms with van der Waals surface area (Å²) in [5.74, 6) is -0.318. The van der Waals surface area contributed by atoms with Crippen molar-refractivity contribution in [2.45, 2.75) is 18.9 Å². The first-order valence-corrected chi connectivity index (χ1v) is 12.7. The van der Waals surface area contributed by atoms with Crippen molar-refractivity contribution in [2.24, 2.45) is 7.05 Å². The highest BCUT2D eigenvalue weighted by Crippen LogP contribution is 2.23. The van der Waals surface area contributed by atoms with Gasteiger partial charge >= 0.3 is 0 Å². The van der Waals surface area contributed by atoms with Crippen molar-refractivity contribution in [3.63, 3.8) is 0 Å². The van der Waals surface area contributed by atoms with Crippen molar-refractivity contribution in [1.82, 2.24) is 4.57 Å². The van der Waals surface area contributed by atoms with Crippen LogP contribution in [-0.2, 0) is 7.05 Å². The van der Waals surface area contributed by atoms with Crippen LogP contribution in [0.25, 0.3) is 0 Å². The third-order valence-electron chi connectivity index (χ3n) is 6.63. The maximum Gasteiger partial charge on any atom is 0.257 e. The Morgan fingerprint density at radius 3 is 1.71 bits per heavy atom. The number of rotatable bonds is 7. The van der Waals surface area contributed by atoms with Crippen LogP contribution in [0.4, 0.5) is 28.4 Å². The molecule has 38 heavy (non-hydrogen) atoms. The quantitative estimate of drug-likeness (QED) is 0.273. The monoisotopic (exact) mass is 509 g/mol. The van der Waals surface area contributed by atoms with Gasteiger partial charge in [-0.3, -0.25) is 9.59 Å². The number of nitrogens with one attached hydrogen (secondary N) is 3. The Balaban J connectivity index is 1.13. The van der Waals surface area contributed by atoms with E-state index in [1.807, 2.05) is 90.6 Å². The lowest BCUT2D eigenvalue weighted by Crippen LogP contribution is -2.35. The molecule has 0 spiro atoms. The second kappa shape index (κ2) is 11.2. The predicted octanol–water partition coefficient (Wildman–Crippen LogP) is 5.23. The standard InChI is InChI=1S/C30H31N5O3/c1-34-17-14-22(20-34)30(38)33-26-10-6-24(7-11-26)31-23-4-8-25(9-5-23)32-29(37)21-2-12-27(13-3-21)35-18-15-28(36)16-19-35/h2-14,17,20,28,31,36H,15-16,18-19H2,1H3,(H,32,37)(H,33,38). The van der Waals surface area contributed by atoms with E-state index in [1.165, 1.54) is 0 Å². The van der Waals surface area contributed by atoms with E-state index in [0.717, 1.165) is 43.0 Å². The van der Waals surface area contributed by atoms with Gasteiger partial charge in [0.2, 0.25) is 0 Å². The number of nitrogens with zero attached hydrogens (tertiary/aromatic N) is 2. The Labute approximate surface area is 221 Å². The fourth-order valence-electron chi connectivity index (χ4n) is 4.43. The number of aliphatic hydroxyl groups is 1. The number of aromatic nitrogens is 1. The molecule has 0 radical (unpaired) electrons. The number of aliphatic hydroxyl groups excluding tert-OH is 1. The summed E-state index contributed by atoms with van der Waals surface area (Å²) in [6.07, 6.45) is 4.94. The SMILES string of the molecule is Cn1ccc(C(=O)Nc2ccc(Nc3ccc(NC(=O)c4ccc(N5CCC(O)CC5)cc4)cc3)cc2)c1. The molecule has 8 nitrogen and oxygen atoms in total. The minimum atomic E-state index is -0.210. The lowest BCUT2D eigenvalue weighted by atomic mass is 10.1. The summed E-state index contributed by atoms with van der Waals surface area (Å²) in [6, 6.07) is 24.3. The molecule has 1 aromatic heterocycles. The fraction of sp³-hybridized carbons (Fsp3) is 0.200. The first-order valence-electron chi connectivity index (χ1n) is 12.7. The minimum absolute atomic E-state index is 0.150. The Morgan fingerprint density at radius 2 is 1.21 bits per heavy atom. The van der Waals surface area contributed by atoms with Crippen LogP contribution in [0.15, 0.2) is 91.3 Å². The molecular weight excluding hydrogens is 478 g/mol.